The first kappa shape index (κ1) is 18.1. The number of anilines is 1. The van der Waals surface area contributed by atoms with E-state index in [-0.39, 0.29) is 4.75 Å². The molecule has 0 amide bonds. The molecule has 0 fully saturated rings. The molecule has 0 saturated heterocycles. The highest BCUT2D eigenvalue weighted by Crippen LogP contribution is 2.39. The van der Waals surface area contributed by atoms with Crippen LogP contribution < -0.4 is 5.32 Å². The predicted octanol–water partition coefficient (Wildman–Crippen LogP) is 4.72. The number of hydrogen-bond acceptors (Lipinski definition) is 5. The van der Waals surface area contributed by atoms with E-state index in [9.17, 15) is 0 Å². The first-order valence-electron chi connectivity index (χ1n) is 7.35. The molecule has 5 heteroatoms. The molecule has 0 atom stereocenters. The molecule has 0 saturated carbocycles. The second-order valence-corrected chi connectivity index (χ2v) is 7.62. The lowest BCUT2D eigenvalue weighted by atomic mass is 9.96. The van der Waals surface area contributed by atoms with Gasteiger partial charge < -0.3 is 10.2 Å². The van der Waals surface area contributed by atoms with Crippen LogP contribution in [-0.4, -0.2) is 31.1 Å². The third-order valence-corrected chi connectivity index (χ3v) is 4.63. The summed E-state index contributed by atoms with van der Waals surface area (Å²) < 4.78 is 1.39. The highest BCUT2D eigenvalue weighted by molar-refractivity contribution is 7.81. The average molecular weight is 331 g/mol. The zero-order valence-corrected chi connectivity index (χ0v) is 15.5. The normalized spacial score (nSPS) is 12.3. The SMILES string of the molecule is CCCN(CC)CCCNc1c(C(C)(C)S)c(=S)c1=S. The van der Waals surface area contributed by atoms with Crippen molar-refractivity contribution < 1.29 is 0 Å². The maximum absolute atomic E-state index is 5.33. The zero-order valence-electron chi connectivity index (χ0n) is 13.0. The van der Waals surface area contributed by atoms with Gasteiger partial charge in [-0.15, -0.1) is 0 Å². The van der Waals surface area contributed by atoms with Crippen molar-refractivity contribution in [3.8, 4) is 0 Å². The van der Waals surface area contributed by atoms with Crippen molar-refractivity contribution in [1.82, 2.24) is 4.90 Å². The highest BCUT2D eigenvalue weighted by Gasteiger charge is 2.26. The molecule has 0 spiro atoms. The van der Waals surface area contributed by atoms with Crippen LogP contribution in [-0.2, 0) is 4.75 Å². The maximum Gasteiger partial charge on any atom is 0.0797 e. The number of rotatable bonds is 9. The van der Waals surface area contributed by atoms with Crippen LogP contribution in [0.1, 0.15) is 46.1 Å². The Morgan fingerprint density at radius 1 is 1.15 bits per heavy atom. The molecule has 0 aliphatic rings. The fraction of sp³-hybridized carbons (Fsp3) is 0.733. The molecule has 114 valence electrons. The standard InChI is InChI=1S/C15H26N2S3/c1-5-9-17(6-2)10-7-8-16-12-11(15(3,4)20)13(18)14(12)19/h16,20H,5-10H2,1-4H3. The minimum absolute atomic E-state index is 0.223. The van der Waals surface area contributed by atoms with E-state index in [1.807, 2.05) is 0 Å². The summed E-state index contributed by atoms with van der Waals surface area (Å²) >= 11 is 15.3. The summed E-state index contributed by atoms with van der Waals surface area (Å²) in [6.07, 6.45) is 2.33. The van der Waals surface area contributed by atoms with Crippen molar-refractivity contribution in [1.29, 1.82) is 0 Å². The summed E-state index contributed by atoms with van der Waals surface area (Å²) in [5, 5.41) is 3.45. The van der Waals surface area contributed by atoms with Crippen molar-refractivity contribution >= 4 is 42.8 Å². The van der Waals surface area contributed by atoms with Gasteiger partial charge in [0.05, 0.1) is 14.7 Å². The van der Waals surface area contributed by atoms with Gasteiger partial charge in [0.25, 0.3) is 0 Å². The third kappa shape index (κ3) is 4.52. The Morgan fingerprint density at radius 3 is 2.30 bits per heavy atom. The van der Waals surface area contributed by atoms with Gasteiger partial charge in [-0.3, -0.25) is 0 Å². The van der Waals surface area contributed by atoms with Gasteiger partial charge in [0.2, 0.25) is 0 Å². The van der Waals surface area contributed by atoms with E-state index >= 15 is 0 Å². The van der Waals surface area contributed by atoms with E-state index < -0.39 is 0 Å². The Bertz CT molecular complexity index is 496. The van der Waals surface area contributed by atoms with E-state index in [4.69, 9.17) is 24.4 Å². The van der Waals surface area contributed by atoms with Gasteiger partial charge in [-0.05, 0) is 46.3 Å². The monoisotopic (exact) mass is 330 g/mol. The lowest BCUT2D eigenvalue weighted by Gasteiger charge is -2.26. The fourth-order valence-corrected chi connectivity index (χ4v) is 3.44. The summed E-state index contributed by atoms with van der Waals surface area (Å²) in [5.74, 6) is 0. The van der Waals surface area contributed by atoms with Gasteiger partial charge in [-0.1, -0.05) is 38.3 Å². The van der Waals surface area contributed by atoms with Crippen LogP contribution in [0.3, 0.4) is 0 Å². The van der Waals surface area contributed by atoms with Crippen LogP contribution in [0.2, 0.25) is 0 Å². The van der Waals surface area contributed by atoms with E-state index in [2.05, 4.69) is 50.5 Å². The van der Waals surface area contributed by atoms with E-state index in [1.165, 1.54) is 13.0 Å². The van der Waals surface area contributed by atoms with Gasteiger partial charge in [-0.2, -0.15) is 12.6 Å². The van der Waals surface area contributed by atoms with Crippen LogP contribution in [0.25, 0.3) is 0 Å². The van der Waals surface area contributed by atoms with Crippen LogP contribution >= 0.6 is 37.1 Å². The van der Waals surface area contributed by atoms with Crippen molar-refractivity contribution in [2.75, 3.05) is 31.5 Å². The minimum Gasteiger partial charge on any atom is -0.383 e. The molecule has 0 bridgehead atoms. The molecule has 2 nitrogen and oxygen atoms in total. The second-order valence-electron chi connectivity index (χ2n) is 5.68. The molecule has 0 aliphatic heterocycles. The Labute approximate surface area is 139 Å². The summed E-state index contributed by atoms with van der Waals surface area (Å²) in [6, 6.07) is 0. The van der Waals surface area contributed by atoms with E-state index in [0.717, 1.165) is 46.3 Å². The van der Waals surface area contributed by atoms with Crippen molar-refractivity contribution in [3.63, 3.8) is 0 Å². The van der Waals surface area contributed by atoms with Gasteiger partial charge in [0.15, 0.2) is 0 Å². The molecule has 0 heterocycles. The van der Waals surface area contributed by atoms with Crippen LogP contribution in [0.5, 0.6) is 0 Å². The number of thiol groups is 1. The summed E-state index contributed by atoms with van der Waals surface area (Å²) in [7, 11) is 0. The number of nitrogens with one attached hydrogen (secondary N) is 1. The third-order valence-electron chi connectivity index (χ3n) is 3.46. The molecule has 1 aromatic carbocycles. The van der Waals surface area contributed by atoms with Crippen LogP contribution in [0.4, 0.5) is 5.69 Å². The minimum atomic E-state index is -0.223. The van der Waals surface area contributed by atoms with Gasteiger partial charge in [0.1, 0.15) is 0 Å². The van der Waals surface area contributed by atoms with Crippen molar-refractivity contribution in [2.45, 2.75) is 45.3 Å². The topological polar surface area (TPSA) is 15.3 Å². The molecule has 0 radical (unpaired) electrons. The first-order valence-corrected chi connectivity index (χ1v) is 8.61. The molecule has 1 N–H and O–H groups in total. The molecular formula is C15H26N2S3. The average Bonchev–Trinajstić information content (AvgIpc) is 2.38. The largest absolute Gasteiger partial charge is 0.383 e. The molecule has 0 aromatic heterocycles. The molecular weight excluding hydrogens is 304 g/mol. The molecule has 1 rings (SSSR count). The van der Waals surface area contributed by atoms with Gasteiger partial charge in [0, 0.05) is 16.9 Å². The van der Waals surface area contributed by atoms with Crippen LogP contribution in [0.15, 0.2) is 0 Å². The van der Waals surface area contributed by atoms with E-state index in [0.29, 0.717) is 0 Å². The first-order chi connectivity index (χ1) is 9.32. The number of nitrogens with zero attached hydrogens (tertiary/aromatic N) is 1. The Morgan fingerprint density at radius 2 is 1.80 bits per heavy atom. The van der Waals surface area contributed by atoms with Crippen molar-refractivity contribution in [3.05, 3.63) is 14.6 Å². The quantitative estimate of drug-likeness (QED) is 0.387. The second kappa shape index (κ2) is 7.87. The summed E-state index contributed by atoms with van der Waals surface area (Å²) in [5.41, 5.74) is 2.14. The Kier molecular flexibility index (Phi) is 7.12. The number of hydrogen-bond donors (Lipinski definition) is 2. The fourth-order valence-electron chi connectivity index (χ4n) is 2.40. The van der Waals surface area contributed by atoms with Crippen molar-refractivity contribution in [2.24, 2.45) is 0 Å². The molecule has 0 unspecified atom stereocenters. The summed E-state index contributed by atoms with van der Waals surface area (Å²) in [4.78, 5) is 2.48. The molecule has 0 aliphatic carbocycles. The zero-order chi connectivity index (χ0) is 15.3. The van der Waals surface area contributed by atoms with E-state index in [1.54, 1.807) is 0 Å². The summed E-state index contributed by atoms with van der Waals surface area (Å²) in [6.45, 7) is 12.9. The lowest BCUT2D eigenvalue weighted by molar-refractivity contribution is 0.288. The van der Waals surface area contributed by atoms with Gasteiger partial charge >= 0.3 is 0 Å². The molecule has 1 aromatic rings. The van der Waals surface area contributed by atoms with Crippen LogP contribution in [0, 0.1) is 9.02 Å². The maximum atomic E-state index is 5.33. The Hall–Kier alpha value is 0.0300. The van der Waals surface area contributed by atoms with Gasteiger partial charge in [-0.25, -0.2) is 0 Å². The Balaban J connectivity index is 2.50. The predicted molar refractivity (Wildman–Crippen MR) is 98.0 cm³/mol. The molecule has 20 heavy (non-hydrogen) atoms. The smallest absolute Gasteiger partial charge is 0.0797 e. The highest BCUT2D eigenvalue weighted by atomic mass is 32.1. The lowest BCUT2D eigenvalue weighted by Crippen LogP contribution is -2.27.